The van der Waals surface area contributed by atoms with Gasteiger partial charge in [-0.15, -0.1) is 0 Å². The maximum atomic E-state index is 6.10. The molecule has 0 radical (unpaired) electrons. The Labute approximate surface area is 69.4 Å². The number of hydrogen-bond donors (Lipinski definition) is 1. The van der Waals surface area contributed by atoms with Crippen LogP contribution in [-0.4, -0.2) is 6.04 Å². The van der Waals surface area contributed by atoms with E-state index in [1.165, 1.54) is 12.8 Å². The van der Waals surface area contributed by atoms with Crippen LogP contribution in [0.3, 0.4) is 0 Å². The lowest BCUT2D eigenvalue weighted by Gasteiger charge is -2.36. The highest BCUT2D eigenvalue weighted by atomic mass is 14.9. The van der Waals surface area contributed by atoms with E-state index in [0.717, 1.165) is 17.8 Å². The minimum absolute atomic E-state index is 0.534. The predicted octanol–water partition coefficient (Wildman–Crippen LogP) is 2.02. The van der Waals surface area contributed by atoms with Gasteiger partial charge in [-0.05, 0) is 36.0 Å². The third kappa shape index (κ3) is 0.703. The van der Waals surface area contributed by atoms with Gasteiger partial charge in [0.05, 0.1) is 0 Å². The van der Waals surface area contributed by atoms with Crippen molar-refractivity contribution in [3.8, 4) is 0 Å². The van der Waals surface area contributed by atoms with Crippen molar-refractivity contribution in [3.05, 3.63) is 0 Å². The predicted molar refractivity (Wildman–Crippen MR) is 47.1 cm³/mol. The van der Waals surface area contributed by atoms with Gasteiger partial charge in [-0.3, -0.25) is 0 Å². The van der Waals surface area contributed by atoms with Gasteiger partial charge >= 0.3 is 0 Å². The molecule has 0 heterocycles. The summed E-state index contributed by atoms with van der Waals surface area (Å²) in [5, 5.41) is 0. The topological polar surface area (TPSA) is 26.0 Å². The molecule has 0 saturated heterocycles. The van der Waals surface area contributed by atoms with Gasteiger partial charge < -0.3 is 5.73 Å². The highest BCUT2D eigenvalue weighted by molar-refractivity contribution is 5.21. The van der Waals surface area contributed by atoms with E-state index in [-0.39, 0.29) is 0 Å². The Hall–Kier alpha value is -0.0400. The van der Waals surface area contributed by atoms with Crippen molar-refractivity contribution in [2.45, 2.75) is 39.7 Å². The summed E-state index contributed by atoms with van der Waals surface area (Å²) in [6.45, 7) is 6.99. The summed E-state index contributed by atoms with van der Waals surface area (Å²) in [6, 6.07) is 0.534. The Morgan fingerprint density at radius 2 is 2.09 bits per heavy atom. The molecule has 11 heavy (non-hydrogen) atoms. The summed E-state index contributed by atoms with van der Waals surface area (Å²) in [7, 11) is 0. The largest absolute Gasteiger partial charge is 0.327 e. The van der Waals surface area contributed by atoms with E-state index in [9.17, 15) is 0 Å². The molecule has 2 aliphatic carbocycles. The maximum Gasteiger partial charge on any atom is 0.0138 e. The molecule has 0 aromatic heterocycles. The standard InChI is InChI=1S/C10H19N/c1-6(2)8-9(11)10(8)5-4-7(10)3/h6-9H,4-5,11H2,1-3H3. The number of nitrogens with two attached hydrogens (primary N) is 1. The molecule has 0 amide bonds. The lowest BCUT2D eigenvalue weighted by molar-refractivity contribution is 0.130. The van der Waals surface area contributed by atoms with Crippen LogP contribution in [0.25, 0.3) is 0 Å². The van der Waals surface area contributed by atoms with Gasteiger partial charge in [-0.25, -0.2) is 0 Å². The van der Waals surface area contributed by atoms with Crippen LogP contribution in [0.1, 0.15) is 33.6 Å². The molecule has 0 aromatic rings. The molecule has 0 aliphatic heterocycles. The Bertz CT molecular complexity index is 176. The molecule has 0 bridgehead atoms. The van der Waals surface area contributed by atoms with Gasteiger partial charge in [0.15, 0.2) is 0 Å². The summed E-state index contributed by atoms with van der Waals surface area (Å²) in [4.78, 5) is 0. The van der Waals surface area contributed by atoms with E-state index < -0.39 is 0 Å². The van der Waals surface area contributed by atoms with Gasteiger partial charge in [0.2, 0.25) is 0 Å². The first-order chi connectivity index (χ1) is 5.10. The van der Waals surface area contributed by atoms with Crippen LogP contribution in [0.15, 0.2) is 0 Å². The van der Waals surface area contributed by atoms with Crippen molar-refractivity contribution < 1.29 is 0 Å². The molecule has 4 unspecified atom stereocenters. The van der Waals surface area contributed by atoms with Crippen LogP contribution in [0.2, 0.25) is 0 Å². The minimum atomic E-state index is 0.534. The zero-order valence-corrected chi connectivity index (χ0v) is 7.80. The second-order valence-corrected chi connectivity index (χ2v) is 4.85. The molecular formula is C10H19N. The Kier molecular flexibility index (Phi) is 1.39. The van der Waals surface area contributed by atoms with Gasteiger partial charge in [-0.2, -0.15) is 0 Å². The Morgan fingerprint density at radius 1 is 1.45 bits per heavy atom. The number of hydrogen-bond acceptors (Lipinski definition) is 1. The van der Waals surface area contributed by atoms with Crippen molar-refractivity contribution in [2.24, 2.45) is 28.9 Å². The quantitative estimate of drug-likeness (QED) is 0.612. The van der Waals surface area contributed by atoms with Crippen LogP contribution < -0.4 is 5.73 Å². The van der Waals surface area contributed by atoms with Crippen molar-refractivity contribution in [2.75, 3.05) is 0 Å². The van der Waals surface area contributed by atoms with Crippen molar-refractivity contribution >= 4 is 0 Å². The third-order valence-corrected chi connectivity index (χ3v) is 4.17. The fraction of sp³-hybridized carbons (Fsp3) is 1.00. The number of rotatable bonds is 1. The molecule has 4 atom stereocenters. The zero-order chi connectivity index (χ0) is 8.22. The highest BCUT2D eigenvalue weighted by Gasteiger charge is 2.69. The molecule has 2 rings (SSSR count). The van der Waals surface area contributed by atoms with E-state index in [2.05, 4.69) is 20.8 Å². The summed E-state index contributed by atoms with van der Waals surface area (Å²) in [6.07, 6.45) is 2.81. The van der Waals surface area contributed by atoms with Crippen molar-refractivity contribution in [1.29, 1.82) is 0 Å². The summed E-state index contributed by atoms with van der Waals surface area (Å²) in [5.41, 5.74) is 6.70. The van der Waals surface area contributed by atoms with Gasteiger partial charge in [0.1, 0.15) is 0 Å². The van der Waals surface area contributed by atoms with E-state index in [1.807, 2.05) is 0 Å². The lowest BCUT2D eigenvalue weighted by atomic mass is 9.68. The van der Waals surface area contributed by atoms with Crippen LogP contribution in [0, 0.1) is 23.2 Å². The second-order valence-electron chi connectivity index (χ2n) is 4.85. The molecule has 1 nitrogen and oxygen atoms in total. The fourth-order valence-electron chi connectivity index (χ4n) is 3.31. The summed E-state index contributed by atoms with van der Waals surface area (Å²) < 4.78 is 0. The van der Waals surface area contributed by atoms with E-state index >= 15 is 0 Å². The molecule has 2 saturated carbocycles. The van der Waals surface area contributed by atoms with Crippen LogP contribution in [0.5, 0.6) is 0 Å². The zero-order valence-electron chi connectivity index (χ0n) is 7.80. The minimum Gasteiger partial charge on any atom is -0.327 e. The van der Waals surface area contributed by atoms with E-state index in [1.54, 1.807) is 0 Å². The first-order valence-electron chi connectivity index (χ1n) is 4.86. The Morgan fingerprint density at radius 3 is 2.18 bits per heavy atom. The lowest BCUT2D eigenvalue weighted by Crippen LogP contribution is -2.31. The van der Waals surface area contributed by atoms with Crippen molar-refractivity contribution in [1.82, 2.24) is 0 Å². The van der Waals surface area contributed by atoms with Crippen LogP contribution >= 0.6 is 0 Å². The molecule has 1 heteroatoms. The van der Waals surface area contributed by atoms with E-state index in [0.29, 0.717) is 11.5 Å². The average Bonchev–Trinajstić information content (AvgIpc) is 2.56. The fourth-order valence-corrected chi connectivity index (χ4v) is 3.31. The van der Waals surface area contributed by atoms with Gasteiger partial charge in [0.25, 0.3) is 0 Å². The van der Waals surface area contributed by atoms with Crippen LogP contribution in [-0.2, 0) is 0 Å². The van der Waals surface area contributed by atoms with Crippen molar-refractivity contribution in [3.63, 3.8) is 0 Å². The molecule has 0 aromatic carbocycles. The molecule has 2 aliphatic rings. The maximum absolute atomic E-state index is 6.10. The molecule has 2 N–H and O–H groups in total. The Balaban J connectivity index is 2.08. The summed E-state index contributed by atoms with van der Waals surface area (Å²) in [5.74, 6) is 2.55. The summed E-state index contributed by atoms with van der Waals surface area (Å²) >= 11 is 0. The van der Waals surface area contributed by atoms with Gasteiger partial charge in [0, 0.05) is 6.04 Å². The van der Waals surface area contributed by atoms with E-state index in [4.69, 9.17) is 5.73 Å². The normalized spacial score (nSPS) is 54.8. The highest BCUT2D eigenvalue weighted by Crippen LogP contribution is 2.69. The second kappa shape index (κ2) is 2.01. The third-order valence-electron chi connectivity index (χ3n) is 4.17. The molecule has 64 valence electrons. The monoisotopic (exact) mass is 153 g/mol. The smallest absolute Gasteiger partial charge is 0.0138 e. The average molecular weight is 153 g/mol. The first-order valence-corrected chi connectivity index (χ1v) is 4.86. The molecule has 1 spiro atoms. The molecular weight excluding hydrogens is 134 g/mol. The van der Waals surface area contributed by atoms with Crippen LogP contribution in [0.4, 0.5) is 0 Å². The molecule has 2 fully saturated rings. The first kappa shape index (κ1) is 7.60. The SMILES string of the molecule is CC(C)C1C(N)C12CCC2C. The van der Waals surface area contributed by atoms with Gasteiger partial charge in [-0.1, -0.05) is 20.8 Å².